The number of ether oxygens (including phenoxy) is 1. The van der Waals surface area contributed by atoms with Gasteiger partial charge in [0.1, 0.15) is 11.3 Å². The average molecular weight is 443 g/mol. The Bertz CT molecular complexity index is 1210. The maximum absolute atomic E-state index is 13.0. The van der Waals surface area contributed by atoms with Crippen molar-refractivity contribution >= 4 is 40.1 Å². The smallest absolute Gasteiger partial charge is 0.278 e. The van der Waals surface area contributed by atoms with Crippen molar-refractivity contribution in [3.8, 4) is 5.75 Å². The summed E-state index contributed by atoms with van der Waals surface area (Å²) >= 11 is 5.47. The van der Waals surface area contributed by atoms with Gasteiger partial charge >= 0.3 is 0 Å². The second-order valence-corrected chi connectivity index (χ2v) is 8.96. The number of likely N-dealkylation sites (tertiary alicyclic amines) is 1. The fourth-order valence-corrected chi connectivity index (χ4v) is 4.77. The molecule has 0 bridgehead atoms. The third-order valence-electron chi connectivity index (χ3n) is 6.22. The van der Waals surface area contributed by atoms with Gasteiger partial charge in [-0.15, -0.1) is 0 Å². The summed E-state index contributed by atoms with van der Waals surface area (Å²) < 4.78 is 7.32. The van der Waals surface area contributed by atoms with Crippen molar-refractivity contribution in [3.05, 3.63) is 33.3 Å². The van der Waals surface area contributed by atoms with Crippen LogP contribution in [-0.2, 0) is 11.3 Å². The SMILES string of the molecule is COc1ccc2[nH]c3c(=O)n(CCCCCC(=O)N4CCC[C@@H](C)C4)c(=S)[nH]c3c2c1. The van der Waals surface area contributed by atoms with Gasteiger partial charge in [-0.3, -0.25) is 14.2 Å². The van der Waals surface area contributed by atoms with Gasteiger partial charge in [0.25, 0.3) is 5.56 Å². The standard InChI is InChI=1S/C23H30N4O3S/c1-15-7-6-11-26(14-15)19(28)8-4-3-5-12-27-22(29)21-20(25-23(27)31)17-13-16(30-2)9-10-18(17)24-21/h9-10,13,15,24H,3-8,11-12,14H2,1-2H3,(H,25,31)/t15-/m1/s1. The Morgan fingerprint density at radius 1 is 1.23 bits per heavy atom. The van der Waals surface area contributed by atoms with Crippen LogP contribution in [0.3, 0.4) is 0 Å². The van der Waals surface area contributed by atoms with Crippen molar-refractivity contribution < 1.29 is 9.53 Å². The number of amides is 1. The molecule has 8 heteroatoms. The Morgan fingerprint density at radius 3 is 2.84 bits per heavy atom. The van der Waals surface area contributed by atoms with Gasteiger partial charge in [0.05, 0.1) is 12.6 Å². The van der Waals surface area contributed by atoms with Gasteiger partial charge in [-0.1, -0.05) is 13.3 Å². The van der Waals surface area contributed by atoms with Crippen LogP contribution >= 0.6 is 12.2 Å². The third kappa shape index (κ3) is 4.54. The number of nitrogens with one attached hydrogen (secondary N) is 2. The van der Waals surface area contributed by atoms with Crippen LogP contribution in [0.15, 0.2) is 23.0 Å². The minimum absolute atomic E-state index is 0.118. The Hall–Kier alpha value is -2.61. The first-order chi connectivity index (χ1) is 15.0. The molecule has 0 radical (unpaired) electrons. The van der Waals surface area contributed by atoms with Crippen molar-refractivity contribution in [3.63, 3.8) is 0 Å². The number of benzene rings is 1. The average Bonchev–Trinajstić information content (AvgIpc) is 3.13. The number of nitrogens with zero attached hydrogens (tertiary/aromatic N) is 2. The molecule has 1 aromatic carbocycles. The summed E-state index contributed by atoms with van der Waals surface area (Å²) in [6.45, 7) is 4.53. The summed E-state index contributed by atoms with van der Waals surface area (Å²) in [6.07, 6.45) is 5.43. The summed E-state index contributed by atoms with van der Waals surface area (Å²) in [5.74, 6) is 1.59. The molecule has 0 saturated carbocycles. The maximum atomic E-state index is 13.0. The molecule has 1 aliphatic heterocycles. The van der Waals surface area contributed by atoms with E-state index in [1.807, 2.05) is 23.1 Å². The summed E-state index contributed by atoms with van der Waals surface area (Å²) in [7, 11) is 1.62. The summed E-state index contributed by atoms with van der Waals surface area (Å²) in [5.41, 5.74) is 1.97. The zero-order valence-corrected chi connectivity index (χ0v) is 19.0. The number of carbonyl (C=O) groups is 1. The van der Waals surface area contributed by atoms with Gasteiger partial charge in [0.2, 0.25) is 5.91 Å². The second kappa shape index (κ2) is 9.26. The van der Waals surface area contributed by atoms with E-state index >= 15 is 0 Å². The van der Waals surface area contributed by atoms with E-state index in [1.54, 1.807) is 11.7 Å². The molecule has 166 valence electrons. The summed E-state index contributed by atoms with van der Waals surface area (Å²) in [6, 6.07) is 5.65. The van der Waals surface area contributed by atoms with Crippen molar-refractivity contribution in [2.75, 3.05) is 20.2 Å². The van der Waals surface area contributed by atoms with E-state index < -0.39 is 0 Å². The molecule has 1 atom stereocenters. The first-order valence-corrected chi connectivity index (χ1v) is 11.5. The Morgan fingerprint density at radius 2 is 2.06 bits per heavy atom. The van der Waals surface area contributed by atoms with Gasteiger partial charge < -0.3 is 19.6 Å². The van der Waals surface area contributed by atoms with E-state index in [0.717, 1.165) is 55.4 Å². The molecule has 1 aliphatic rings. The number of aromatic amines is 2. The van der Waals surface area contributed by atoms with Crippen LogP contribution in [0.1, 0.15) is 45.4 Å². The Labute approximate surface area is 186 Å². The minimum atomic E-state index is -0.118. The second-order valence-electron chi connectivity index (χ2n) is 8.57. The topological polar surface area (TPSA) is 83.1 Å². The number of rotatable bonds is 7. The van der Waals surface area contributed by atoms with E-state index in [-0.39, 0.29) is 11.5 Å². The predicted octanol–water partition coefficient (Wildman–Crippen LogP) is 4.37. The summed E-state index contributed by atoms with van der Waals surface area (Å²) in [4.78, 5) is 33.9. The van der Waals surface area contributed by atoms with Crippen LogP contribution < -0.4 is 10.3 Å². The molecule has 3 aromatic rings. The molecule has 7 nitrogen and oxygen atoms in total. The van der Waals surface area contributed by atoms with Crippen molar-refractivity contribution in [2.45, 2.75) is 52.0 Å². The number of piperidine rings is 1. The highest BCUT2D eigenvalue weighted by molar-refractivity contribution is 7.71. The molecule has 2 N–H and O–H groups in total. The Balaban J connectivity index is 1.39. The van der Waals surface area contributed by atoms with Crippen LogP contribution in [0.5, 0.6) is 5.75 Å². The highest BCUT2D eigenvalue weighted by Gasteiger charge is 2.20. The summed E-state index contributed by atoms with van der Waals surface area (Å²) in [5, 5.41) is 0.884. The van der Waals surface area contributed by atoms with Crippen LogP contribution in [-0.4, -0.2) is 45.5 Å². The van der Waals surface area contributed by atoms with Crippen LogP contribution in [0, 0.1) is 10.7 Å². The van der Waals surface area contributed by atoms with E-state index in [2.05, 4.69) is 16.9 Å². The minimum Gasteiger partial charge on any atom is -0.497 e. The fraction of sp³-hybridized carbons (Fsp3) is 0.522. The lowest BCUT2D eigenvalue weighted by molar-refractivity contribution is -0.133. The lowest BCUT2D eigenvalue weighted by Crippen LogP contribution is -2.38. The number of hydrogen-bond acceptors (Lipinski definition) is 4. The molecule has 0 unspecified atom stereocenters. The zero-order chi connectivity index (χ0) is 22.0. The van der Waals surface area contributed by atoms with Gasteiger partial charge in [0.15, 0.2) is 4.77 Å². The fourth-order valence-electron chi connectivity index (χ4n) is 4.49. The predicted molar refractivity (Wildman–Crippen MR) is 125 cm³/mol. The van der Waals surface area contributed by atoms with E-state index in [4.69, 9.17) is 17.0 Å². The quantitative estimate of drug-likeness (QED) is 0.420. The van der Waals surface area contributed by atoms with Crippen molar-refractivity contribution in [2.24, 2.45) is 5.92 Å². The Kier molecular flexibility index (Phi) is 6.46. The molecule has 1 fully saturated rings. The lowest BCUT2D eigenvalue weighted by atomic mass is 10.00. The lowest BCUT2D eigenvalue weighted by Gasteiger charge is -2.31. The molecule has 4 rings (SSSR count). The molecular formula is C23H30N4O3S. The largest absolute Gasteiger partial charge is 0.497 e. The molecule has 0 spiro atoms. The molecule has 1 saturated heterocycles. The number of fused-ring (bicyclic) bond motifs is 3. The molecular weight excluding hydrogens is 412 g/mol. The highest BCUT2D eigenvalue weighted by atomic mass is 32.1. The third-order valence-corrected chi connectivity index (χ3v) is 6.55. The van der Waals surface area contributed by atoms with Crippen molar-refractivity contribution in [1.82, 2.24) is 19.4 Å². The molecule has 31 heavy (non-hydrogen) atoms. The van der Waals surface area contributed by atoms with Gasteiger partial charge in [-0.05, 0) is 62.0 Å². The number of carbonyl (C=O) groups excluding carboxylic acids is 1. The normalized spacial score (nSPS) is 16.8. The number of hydrogen-bond donors (Lipinski definition) is 2. The van der Waals surface area contributed by atoms with Crippen molar-refractivity contribution in [1.29, 1.82) is 0 Å². The maximum Gasteiger partial charge on any atom is 0.278 e. The van der Waals surface area contributed by atoms with E-state index in [0.29, 0.717) is 34.7 Å². The molecule has 1 amide bonds. The highest BCUT2D eigenvalue weighted by Crippen LogP contribution is 2.26. The molecule has 2 aromatic heterocycles. The monoisotopic (exact) mass is 442 g/mol. The van der Waals surface area contributed by atoms with Crippen LogP contribution in [0.2, 0.25) is 0 Å². The first-order valence-electron chi connectivity index (χ1n) is 11.1. The van der Waals surface area contributed by atoms with E-state index in [9.17, 15) is 9.59 Å². The number of H-pyrrole nitrogens is 2. The number of aromatic nitrogens is 3. The molecule has 0 aliphatic carbocycles. The molecule has 3 heterocycles. The number of unbranched alkanes of at least 4 members (excludes halogenated alkanes) is 2. The van der Waals surface area contributed by atoms with E-state index in [1.165, 1.54) is 6.42 Å². The van der Waals surface area contributed by atoms with Gasteiger partial charge in [-0.2, -0.15) is 0 Å². The number of methoxy groups -OCH3 is 1. The zero-order valence-electron chi connectivity index (χ0n) is 18.2. The van der Waals surface area contributed by atoms with Gasteiger partial charge in [-0.25, -0.2) is 0 Å². The first kappa shape index (κ1) is 21.6. The van der Waals surface area contributed by atoms with Crippen LogP contribution in [0.25, 0.3) is 21.9 Å². The van der Waals surface area contributed by atoms with Gasteiger partial charge in [0, 0.05) is 37.0 Å². The van der Waals surface area contributed by atoms with Crippen LogP contribution in [0.4, 0.5) is 0 Å².